The fraction of sp³-hybridized carbons (Fsp3) is 0.400. The summed E-state index contributed by atoms with van der Waals surface area (Å²) in [5.41, 5.74) is 1.88. The van der Waals surface area contributed by atoms with E-state index in [0.29, 0.717) is 13.0 Å². The number of esters is 1. The van der Waals surface area contributed by atoms with Gasteiger partial charge in [-0.25, -0.2) is 0 Å². The summed E-state index contributed by atoms with van der Waals surface area (Å²) in [6, 6.07) is 6.22. The topological polar surface area (TPSA) is 38.3 Å². The van der Waals surface area contributed by atoms with E-state index in [-0.39, 0.29) is 5.97 Å². The van der Waals surface area contributed by atoms with Gasteiger partial charge in [-0.3, -0.25) is 10.1 Å². The molecule has 0 aromatic heterocycles. The Bertz CT molecular complexity index is 501. The number of carbonyl (C=O) groups excluding carboxylic acids is 1. The summed E-state index contributed by atoms with van der Waals surface area (Å²) in [4.78, 5) is 12.1. The van der Waals surface area contributed by atoms with Gasteiger partial charge in [0, 0.05) is 17.4 Å². The van der Waals surface area contributed by atoms with Gasteiger partial charge >= 0.3 is 5.97 Å². The summed E-state index contributed by atoms with van der Waals surface area (Å²) >= 11 is 3.48. The fourth-order valence-electron chi connectivity index (χ4n) is 2.62. The molecule has 1 N–H and O–H groups in total. The lowest BCUT2D eigenvalue weighted by Gasteiger charge is -2.36. The number of rotatable bonds is 4. The summed E-state index contributed by atoms with van der Waals surface area (Å²) in [6.07, 6.45) is 4.04. The Morgan fingerprint density at radius 1 is 1.58 bits per heavy atom. The van der Waals surface area contributed by atoms with Crippen molar-refractivity contribution in [3.05, 3.63) is 46.5 Å². The Balaban J connectivity index is 2.30. The minimum Gasteiger partial charge on any atom is -0.468 e. The van der Waals surface area contributed by atoms with Crippen molar-refractivity contribution in [2.45, 2.75) is 24.8 Å². The van der Waals surface area contributed by atoms with Crippen LogP contribution in [0, 0.1) is 0 Å². The molecular formula is C15H18BrNO2. The third-order valence-corrected chi connectivity index (χ3v) is 4.14. The SMILES string of the molecule is C=CCNC1(C(=O)OC)CCc2cc(Br)ccc2C1. The predicted molar refractivity (Wildman–Crippen MR) is 79.1 cm³/mol. The molecule has 4 heteroatoms. The molecule has 0 fully saturated rings. The Morgan fingerprint density at radius 3 is 3.05 bits per heavy atom. The molecule has 3 nitrogen and oxygen atoms in total. The summed E-state index contributed by atoms with van der Waals surface area (Å²) in [6.45, 7) is 4.29. The Morgan fingerprint density at radius 2 is 2.37 bits per heavy atom. The molecule has 0 amide bonds. The molecule has 1 aliphatic carbocycles. The van der Waals surface area contributed by atoms with E-state index in [2.05, 4.69) is 40.0 Å². The third-order valence-electron chi connectivity index (χ3n) is 3.64. The highest BCUT2D eigenvalue weighted by atomic mass is 79.9. The van der Waals surface area contributed by atoms with Gasteiger partial charge in [-0.05, 0) is 36.1 Å². The van der Waals surface area contributed by atoms with E-state index in [4.69, 9.17) is 4.74 Å². The van der Waals surface area contributed by atoms with E-state index in [1.807, 2.05) is 6.07 Å². The minimum absolute atomic E-state index is 0.192. The number of methoxy groups -OCH3 is 1. The molecule has 0 saturated carbocycles. The monoisotopic (exact) mass is 323 g/mol. The van der Waals surface area contributed by atoms with Gasteiger partial charge in [0.15, 0.2) is 0 Å². The molecule has 2 rings (SSSR count). The van der Waals surface area contributed by atoms with Crippen LogP contribution in [0.1, 0.15) is 17.5 Å². The first-order valence-electron chi connectivity index (χ1n) is 6.33. The number of fused-ring (bicyclic) bond motifs is 1. The van der Waals surface area contributed by atoms with Crippen LogP contribution in [0.5, 0.6) is 0 Å². The van der Waals surface area contributed by atoms with Crippen LogP contribution in [0.2, 0.25) is 0 Å². The van der Waals surface area contributed by atoms with Crippen molar-refractivity contribution in [1.82, 2.24) is 5.32 Å². The van der Waals surface area contributed by atoms with Gasteiger partial charge in [0.1, 0.15) is 5.54 Å². The number of ether oxygens (including phenoxy) is 1. The van der Waals surface area contributed by atoms with Crippen LogP contribution in [-0.2, 0) is 22.4 Å². The van der Waals surface area contributed by atoms with Gasteiger partial charge < -0.3 is 4.74 Å². The predicted octanol–water partition coefficient (Wildman–Crippen LogP) is 2.63. The summed E-state index contributed by atoms with van der Waals surface area (Å²) in [5, 5.41) is 3.29. The first kappa shape index (κ1) is 14.3. The maximum Gasteiger partial charge on any atom is 0.326 e. The maximum atomic E-state index is 12.1. The minimum atomic E-state index is -0.621. The lowest BCUT2D eigenvalue weighted by atomic mass is 9.78. The van der Waals surface area contributed by atoms with Crippen LogP contribution in [-0.4, -0.2) is 25.2 Å². The quantitative estimate of drug-likeness (QED) is 0.683. The molecule has 102 valence electrons. The number of nitrogens with one attached hydrogen (secondary N) is 1. The molecule has 1 unspecified atom stereocenters. The first-order chi connectivity index (χ1) is 9.11. The van der Waals surface area contributed by atoms with E-state index in [1.54, 1.807) is 6.08 Å². The second-order valence-corrected chi connectivity index (χ2v) is 5.75. The van der Waals surface area contributed by atoms with Gasteiger partial charge in [0.25, 0.3) is 0 Å². The van der Waals surface area contributed by atoms with Crippen LogP contribution in [0.3, 0.4) is 0 Å². The second kappa shape index (κ2) is 5.88. The molecule has 1 aromatic carbocycles. The average molecular weight is 324 g/mol. The largest absolute Gasteiger partial charge is 0.468 e. The molecule has 1 atom stereocenters. The molecule has 1 aliphatic rings. The molecule has 1 aromatic rings. The molecule has 0 radical (unpaired) electrons. The van der Waals surface area contributed by atoms with Crippen LogP contribution in [0.15, 0.2) is 35.3 Å². The molecule has 0 spiro atoms. The van der Waals surface area contributed by atoms with Crippen molar-refractivity contribution in [3.63, 3.8) is 0 Å². The normalized spacial score (nSPS) is 21.6. The molecule has 0 bridgehead atoms. The molecule has 19 heavy (non-hydrogen) atoms. The maximum absolute atomic E-state index is 12.1. The number of halogens is 1. The van der Waals surface area contributed by atoms with Gasteiger partial charge in [0.05, 0.1) is 7.11 Å². The number of hydrogen-bond acceptors (Lipinski definition) is 3. The molecule has 0 heterocycles. The van der Waals surface area contributed by atoms with E-state index in [9.17, 15) is 4.79 Å². The molecule has 0 aliphatic heterocycles. The van der Waals surface area contributed by atoms with Gasteiger partial charge in [0.2, 0.25) is 0 Å². The average Bonchev–Trinajstić information content (AvgIpc) is 2.44. The number of aryl methyl sites for hydroxylation is 1. The van der Waals surface area contributed by atoms with Crippen molar-refractivity contribution < 1.29 is 9.53 Å². The van der Waals surface area contributed by atoms with Crippen molar-refractivity contribution in [1.29, 1.82) is 0 Å². The standard InChI is InChI=1S/C15H18BrNO2/c1-3-8-17-15(14(18)19-2)7-6-11-9-13(16)5-4-12(11)10-15/h3-5,9,17H,1,6-8,10H2,2H3. The first-order valence-corrected chi connectivity index (χ1v) is 7.12. The van der Waals surface area contributed by atoms with E-state index >= 15 is 0 Å². The zero-order chi connectivity index (χ0) is 13.9. The Kier molecular flexibility index (Phi) is 4.42. The van der Waals surface area contributed by atoms with Crippen LogP contribution in [0.4, 0.5) is 0 Å². The zero-order valence-electron chi connectivity index (χ0n) is 11.0. The van der Waals surface area contributed by atoms with Crippen molar-refractivity contribution in [2.24, 2.45) is 0 Å². The zero-order valence-corrected chi connectivity index (χ0v) is 12.6. The van der Waals surface area contributed by atoms with Crippen molar-refractivity contribution in [2.75, 3.05) is 13.7 Å². The number of benzene rings is 1. The fourth-order valence-corrected chi connectivity index (χ4v) is 3.03. The highest BCUT2D eigenvalue weighted by Crippen LogP contribution is 2.31. The number of hydrogen-bond donors (Lipinski definition) is 1. The Hall–Kier alpha value is -1.13. The smallest absolute Gasteiger partial charge is 0.326 e. The summed E-state index contributed by atoms with van der Waals surface area (Å²) < 4.78 is 6.06. The van der Waals surface area contributed by atoms with Crippen LogP contribution >= 0.6 is 15.9 Å². The van der Waals surface area contributed by atoms with Crippen molar-refractivity contribution in [3.8, 4) is 0 Å². The second-order valence-electron chi connectivity index (χ2n) is 4.83. The third kappa shape index (κ3) is 2.90. The molecular weight excluding hydrogens is 306 g/mol. The highest BCUT2D eigenvalue weighted by Gasteiger charge is 2.41. The van der Waals surface area contributed by atoms with Gasteiger partial charge in [-0.1, -0.05) is 28.1 Å². The van der Waals surface area contributed by atoms with E-state index < -0.39 is 5.54 Å². The van der Waals surface area contributed by atoms with Crippen LogP contribution in [0.25, 0.3) is 0 Å². The summed E-state index contributed by atoms with van der Waals surface area (Å²) in [5.74, 6) is -0.192. The summed E-state index contributed by atoms with van der Waals surface area (Å²) in [7, 11) is 1.44. The van der Waals surface area contributed by atoms with E-state index in [1.165, 1.54) is 18.2 Å². The van der Waals surface area contributed by atoms with E-state index in [0.717, 1.165) is 17.3 Å². The Labute approximate surface area is 122 Å². The lowest BCUT2D eigenvalue weighted by Crippen LogP contribution is -2.56. The number of carbonyl (C=O) groups is 1. The van der Waals surface area contributed by atoms with Crippen molar-refractivity contribution >= 4 is 21.9 Å². The highest BCUT2D eigenvalue weighted by molar-refractivity contribution is 9.10. The molecule has 0 saturated heterocycles. The van der Waals surface area contributed by atoms with Gasteiger partial charge in [-0.15, -0.1) is 6.58 Å². The lowest BCUT2D eigenvalue weighted by molar-refractivity contribution is -0.149. The van der Waals surface area contributed by atoms with Gasteiger partial charge in [-0.2, -0.15) is 0 Å². The van der Waals surface area contributed by atoms with Crippen LogP contribution < -0.4 is 5.32 Å².